The summed E-state index contributed by atoms with van der Waals surface area (Å²) in [4.78, 5) is 0. The lowest BCUT2D eigenvalue weighted by Crippen LogP contribution is -2.29. The first-order chi connectivity index (χ1) is 11.7. The molecule has 1 aliphatic carbocycles. The zero-order valence-corrected chi connectivity index (χ0v) is 15.4. The molecule has 0 aliphatic heterocycles. The Labute approximate surface area is 146 Å². The third-order valence-electron chi connectivity index (χ3n) is 5.61. The lowest BCUT2D eigenvalue weighted by atomic mass is 9.81. The van der Waals surface area contributed by atoms with Crippen molar-refractivity contribution < 1.29 is 0 Å². The van der Waals surface area contributed by atoms with Crippen LogP contribution in [0.1, 0.15) is 67.6 Å². The van der Waals surface area contributed by atoms with Gasteiger partial charge in [0, 0.05) is 30.4 Å². The minimum atomic E-state index is 0.454. The normalized spacial score (nSPS) is 17.1. The van der Waals surface area contributed by atoms with Gasteiger partial charge in [-0.25, -0.2) is 0 Å². The summed E-state index contributed by atoms with van der Waals surface area (Å²) in [6.07, 6.45) is 6.85. The lowest BCUT2D eigenvalue weighted by Gasteiger charge is -2.31. The fourth-order valence-electron chi connectivity index (χ4n) is 4.19. The highest BCUT2D eigenvalue weighted by Gasteiger charge is 2.25. The van der Waals surface area contributed by atoms with Crippen molar-refractivity contribution in [2.24, 2.45) is 5.92 Å². The number of aromatic nitrogens is 2. The van der Waals surface area contributed by atoms with Crippen molar-refractivity contribution in [2.45, 2.75) is 72.0 Å². The first-order valence-electron chi connectivity index (χ1n) is 9.52. The van der Waals surface area contributed by atoms with Crippen LogP contribution >= 0.6 is 0 Å². The Morgan fingerprint density at radius 3 is 2.46 bits per heavy atom. The van der Waals surface area contributed by atoms with Crippen molar-refractivity contribution in [1.29, 1.82) is 0 Å². The maximum Gasteiger partial charge on any atom is 0.0641 e. The van der Waals surface area contributed by atoms with E-state index in [1.54, 1.807) is 0 Å². The van der Waals surface area contributed by atoms with Gasteiger partial charge in [0.1, 0.15) is 0 Å². The molecule has 3 nitrogen and oxygen atoms in total. The minimum absolute atomic E-state index is 0.454. The number of nitrogens with one attached hydrogen (secondary N) is 1. The molecule has 1 aliphatic rings. The van der Waals surface area contributed by atoms with Gasteiger partial charge in [-0.3, -0.25) is 4.68 Å². The van der Waals surface area contributed by atoms with Gasteiger partial charge in [0.25, 0.3) is 0 Å². The largest absolute Gasteiger partial charge is 0.305 e. The lowest BCUT2D eigenvalue weighted by molar-refractivity contribution is 0.270. The topological polar surface area (TPSA) is 29.9 Å². The molecule has 1 N–H and O–H groups in total. The summed E-state index contributed by atoms with van der Waals surface area (Å²) in [5.41, 5.74) is 5.27. The number of nitrogens with zero attached hydrogens (tertiary/aromatic N) is 2. The second-order valence-corrected chi connectivity index (χ2v) is 7.13. The molecule has 0 saturated heterocycles. The van der Waals surface area contributed by atoms with Crippen LogP contribution in [0.25, 0.3) is 0 Å². The second kappa shape index (κ2) is 7.98. The molecule has 1 fully saturated rings. The quantitative estimate of drug-likeness (QED) is 0.816. The SMILES string of the molecule is CCn1nc(C)c(CN[C@H](c2ccccc2)C2CCCCC2)c1C. The summed E-state index contributed by atoms with van der Waals surface area (Å²) in [5.74, 6) is 0.753. The van der Waals surface area contributed by atoms with Crippen LogP contribution in [0.3, 0.4) is 0 Å². The Balaban J connectivity index is 1.78. The molecule has 0 radical (unpaired) electrons. The molecule has 1 aromatic heterocycles. The number of benzene rings is 1. The van der Waals surface area contributed by atoms with Crippen LogP contribution in [0.15, 0.2) is 30.3 Å². The Bertz CT molecular complexity index is 639. The van der Waals surface area contributed by atoms with Gasteiger partial charge in [-0.2, -0.15) is 5.10 Å². The van der Waals surface area contributed by atoms with Crippen molar-refractivity contribution in [3.8, 4) is 0 Å². The maximum absolute atomic E-state index is 4.67. The summed E-state index contributed by atoms with van der Waals surface area (Å²) in [7, 11) is 0. The van der Waals surface area contributed by atoms with Gasteiger partial charge in [0.05, 0.1) is 5.69 Å². The Kier molecular flexibility index (Phi) is 5.72. The first-order valence-corrected chi connectivity index (χ1v) is 9.52. The fraction of sp³-hybridized carbons (Fsp3) is 0.571. The predicted octanol–water partition coefficient (Wildman–Crippen LogP) is 4.93. The van der Waals surface area contributed by atoms with E-state index in [0.717, 1.165) is 24.7 Å². The third kappa shape index (κ3) is 3.72. The summed E-state index contributed by atoms with van der Waals surface area (Å²) in [6.45, 7) is 8.34. The standard InChI is InChI=1S/C21H31N3/c1-4-24-17(3)20(16(2)23-24)15-22-21(18-11-7-5-8-12-18)19-13-9-6-10-14-19/h5,7-8,11-12,19,21-22H,4,6,9-10,13-15H2,1-3H3/t21-/m1/s1. The van der Waals surface area contributed by atoms with Crippen LogP contribution in [0.5, 0.6) is 0 Å². The molecule has 1 heterocycles. The number of rotatable bonds is 6. The van der Waals surface area contributed by atoms with Gasteiger partial charge in [0.15, 0.2) is 0 Å². The van der Waals surface area contributed by atoms with Crippen molar-refractivity contribution in [2.75, 3.05) is 0 Å². The summed E-state index contributed by atoms with van der Waals surface area (Å²) < 4.78 is 2.12. The molecular weight excluding hydrogens is 294 g/mol. The molecule has 2 aromatic rings. The number of aryl methyl sites for hydroxylation is 2. The highest BCUT2D eigenvalue weighted by atomic mass is 15.3. The van der Waals surface area contributed by atoms with E-state index >= 15 is 0 Å². The van der Waals surface area contributed by atoms with Gasteiger partial charge in [-0.15, -0.1) is 0 Å². The van der Waals surface area contributed by atoms with E-state index in [0.29, 0.717) is 6.04 Å². The van der Waals surface area contributed by atoms with Gasteiger partial charge >= 0.3 is 0 Å². The summed E-state index contributed by atoms with van der Waals surface area (Å²) >= 11 is 0. The predicted molar refractivity (Wildman–Crippen MR) is 100.0 cm³/mol. The molecule has 3 rings (SSSR count). The average Bonchev–Trinajstić information content (AvgIpc) is 2.91. The van der Waals surface area contributed by atoms with E-state index in [1.165, 1.54) is 48.9 Å². The summed E-state index contributed by atoms with van der Waals surface area (Å²) in [6, 6.07) is 11.5. The Hall–Kier alpha value is -1.61. The zero-order valence-electron chi connectivity index (χ0n) is 15.4. The zero-order chi connectivity index (χ0) is 16.9. The molecule has 0 spiro atoms. The highest BCUT2D eigenvalue weighted by Crippen LogP contribution is 2.34. The van der Waals surface area contributed by atoms with E-state index in [1.807, 2.05) is 0 Å². The maximum atomic E-state index is 4.67. The number of hydrogen-bond donors (Lipinski definition) is 1. The molecular formula is C21H31N3. The second-order valence-electron chi connectivity index (χ2n) is 7.13. The Morgan fingerprint density at radius 2 is 1.83 bits per heavy atom. The van der Waals surface area contributed by atoms with Crippen molar-refractivity contribution in [3.63, 3.8) is 0 Å². The van der Waals surface area contributed by atoms with Crippen LogP contribution < -0.4 is 5.32 Å². The molecule has 1 saturated carbocycles. The molecule has 1 aromatic carbocycles. The van der Waals surface area contributed by atoms with Gasteiger partial charge in [-0.1, -0.05) is 49.6 Å². The molecule has 0 unspecified atom stereocenters. The van der Waals surface area contributed by atoms with Crippen LogP contribution in [-0.4, -0.2) is 9.78 Å². The van der Waals surface area contributed by atoms with Crippen LogP contribution in [0.4, 0.5) is 0 Å². The van der Waals surface area contributed by atoms with Gasteiger partial charge < -0.3 is 5.32 Å². The molecule has 24 heavy (non-hydrogen) atoms. The smallest absolute Gasteiger partial charge is 0.0641 e. The average molecular weight is 326 g/mol. The van der Waals surface area contributed by atoms with E-state index in [2.05, 4.69) is 66.2 Å². The molecule has 0 amide bonds. The number of hydrogen-bond acceptors (Lipinski definition) is 2. The van der Waals surface area contributed by atoms with Gasteiger partial charge in [0.2, 0.25) is 0 Å². The van der Waals surface area contributed by atoms with Gasteiger partial charge in [-0.05, 0) is 45.1 Å². The van der Waals surface area contributed by atoms with Crippen LogP contribution in [0, 0.1) is 19.8 Å². The van der Waals surface area contributed by atoms with Crippen LogP contribution in [0.2, 0.25) is 0 Å². The van der Waals surface area contributed by atoms with E-state index in [9.17, 15) is 0 Å². The summed E-state index contributed by atoms with van der Waals surface area (Å²) in [5, 5.41) is 8.56. The molecule has 3 heteroatoms. The Morgan fingerprint density at radius 1 is 1.12 bits per heavy atom. The van der Waals surface area contributed by atoms with Crippen molar-refractivity contribution in [1.82, 2.24) is 15.1 Å². The van der Waals surface area contributed by atoms with Crippen molar-refractivity contribution >= 4 is 0 Å². The first kappa shape index (κ1) is 17.2. The monoisotopic (exact) mass is 325 g/mol. The van der Waals surface area contributed by atoms with E-state index in [-0.39, 0.29) is 0 Å². The van der Waals surface area contributed by atoms with Crippen molar-refractivity contribution in [3.05, 3.63) is 52.8 Å². The van der Waals surface area contributed by atoms with E-state index < -0.39 is 0 Å². The fourth-order valence-corrected chi connectivity index (χ4v) is 4.19. The van der Waals surface area contributed by atoms with E-state index in [4.69, 9.17) is 0 Å². The third-order valence-corrected chi connectivity index (χ3v) is 5.61. The highest BCUT2D eigenvalue weighted by molar-refractivity contribution is 5.25. The molecule has 130 valence electrons. The van der Waals surface area contributed by atoms with Crippen LogP contribution in [-0.2, 0) is 13.1 Å². The molecule has 0 bridgehead atoms. The minimum Gasteiger partial charge on any atom is -0.305 e. The molecule has 1 atom stereocenters.